The van der Waals surface area contributed by atoms with Crippen LogP contribution in [0.15, 0.2) is 54.6 Å². The number of rotatable bonds is 8. The van der Waals surface area contributed by atoms with Gasteiger partial charge in [-0.1, -0.05) is 68.7 Å². The second-order valence-electron chi connectivity index (χ2n) is 5.78. The molecule has 1 N–H and O–H groups in total. The van der Waals surface area contributed by atoms with Gasteiger partial charge in [0.25, 0.3) is 0 Å². The summed E-state index contributed by atoms with van der Waals surface area (Å²) in [6.07, 6.45) is 5.03. The maximum Gasteiger partial charge on any atom is 0.163 e. The van der Waals surface area contributed by atoms with Crippen LogP contribution in [0.4, 0.5) is 0 Å². The molecule has 116 valence electrons. The van der Waals surface area contributed by atoms with Gasteiger partial charge in [0.05, 0.1) is 0 Å². The third-order valence-corrected chi connectivity index (χ3v) is 4.05. The Morgan fingerprint density at radius 2 is 1.68 bits per heavy atom. The SMILES string of the molecule is CCCCCC(CC(=O)c1ccccc1)c1ccc(O)cc1. The minimum atomic E-state index is 0.190. The number of unbranched alkanes of at least 4 members (excludes halogenated alkanes) is 2. The van der Waals surface area contributed by atoms with Gasteiger partial charge in [0.2, 0.25) is 0 Å². The highest BCUT2D eigenvalue weighted by Crippen LogP contribution is 2.28. The molecule has 0 heterocycles. The number of ketones is 1. The van der Waals surface area contributed by atoms with Crippen LogP contribution in [-0.2, 0) is 0 Å². The van der Waals surface area contributed by atoms with Gasteiger partial charge in [-0.25, -0.2) is 0 Å². The van der Waals surface area contributed by atoms with E-state index in [1.165, 1.54) is 12.8 Å². The van der Waals surface area contributed by atoms with Gasteiger partial charge >= 0.3 is 0 Å². The Hall–Kier alpha value is -2.09. The standard InChI is InChI=1S/C20H24O2/c1-2-3-5-10-18(16-11-13-19(21)14-12-16)15-20(22)17-8-6-4-7-9-17/h4,6-9,11-14,18,21H,2-3,5,10,15H2,1H3. The molecule has 1 unspecified atom stereocenters. The lowest BCUT2D eigenvalue weighted by atomic mass is 9.87. The first kappa shape index (κ1) is 16.3. The molecule has 0 spiro atoms. The van der Waals surface area contributed by atoms with E-state index in [2.05, 4.69) is 6.92 Å². The van der Waals surface area contributed by atoms with Crippen molar-refractivity contribution in [2.75, 3.05) is 0 Å². The van der Waals surface area contributed by atoms with Gasteiger partial charge in [-0.05, 0) is 30.0 Å². The summed E-state index contributed by atoms with van der Waals surface area (Å²) >= 11 is 0. The Morgan fingerprint density at radius 1 is 1.00 bits per heavy atom. The predicted molar refractivity (Wildman–Crippen MR) is 90.4 cm³/mol. The molecule has 0 saturated carbocycles. The van der Waals surface area contributed by atoms with Gasteiger partial charge in [-0.15, -0.1) is 0 Å². The molecule has 0 aliphatic heterocycles. The fourth-order valence-electron chi connectivity index (χ4n) is 2.74. The van der Waals surface area contributed by atoms with Crippen molar-refractivity contribution in [3.05, 3.63) is 65.7 Å². The van der Waals surface area contributed by atoms with E-state index in [0.29, 0.717) is 6.42 Å². The lowest BCUT2D eigenvalue weighted by Gasteiger charge is -2.17. The number of hydrogen-bond donors (Lipinski definition) is 1. The summed E-state index contributed by atoms with van der Waals surface area (Å²) in [7, 11) is 0. The molecule has 2 nitrogen and oxygen atoms in total. The molecule has 2 rings (SSSR count). The largest absolute Gasteiger partial charge is 0.508 e. The quantitative estimate of drug-likeness (QED) is 0.528. The van der Waals surface area contributed by atoms with Crippen molar-refractivity contribution in [3.63, 3.8) is 0 Å². The molecule has 0 aliphatic carbocycles. The van der Waals surface area contributed by atoms with Crippen LogP contribution in [-0.4, -0.2) is 10.9 Å². The van der Waals surface area contributed by atoms with Crippen molar-refractivity contribution < 1.29 is 9.90 Å². The number of hydrogen-bond acceptors (Lipinski definition) is 2. The van der Waals surface area contributed by atoms with Crippen molar-refractivity contribution in [2.24, 2.45) is 0 Å². The normalized spacial score (nSPS) is 12.0. The van der Waals surface area contributed by atoms with E-state index < -0.39 is 0 Å². The van der Waals surface area contributed by atoms with E-state index in [-0.39, 0.29) is 17.5 Å². The second-order valence-corrected chi connectivity index (χ2v) is 5.78. The van der Waals surface area contributed by atoms with Crippen molar-refractivity contribution in [1.82, 2.24) is 0 Å². The number of phenols is 1. The van der Waals surface area contributed by atoms with Crippen LogP contribution < -0.4 is 0 Å². The van der Waals surface area contributed by atoms with Crippen LogP contribution in [0.3, 0.4) is 0 Å². The molecule has 2 heteroatoms. The maximum atomic E-state index is 12.5. The minimum Gasteiger partial charge on any atom is -0.508 e. The van der Waals surface area contributed by atoms with E-state index in [9.17, 15) is 9.90 Å². The topological polar surface area (TPSA) is 37.3 Å². The van der Waals surface area contributed by atoms with Crippen molar-refractivity contribution in [2.45, 2.75) is 44.9 Å². The van der Waals surface area contributed by atoms with Crippen LogP contribution in [0.2, 0.25) is 0 Å². The van der Waals surface area contributed by atoms with Gasteiger partial charge in [0.1, 0.15) is 5.75 Å². The third kappa shape index (κ3) is 4.73. The highest BCUT2D eigenvalue weighted by Gasteiger charge is 2.17. The first-order valence-electron chi connectivity index (χ1n) is 8.08. The molecular formula is C20H24O2. The molecule has 0 saturated heterocycles. The first-order chi connectivity index (χ1) is 10.7. The molecule has 2 aromatic rings. The average molecular weight is 296 g/mol. The fraction of sp³-hybridized carbons (Fsp3) is 0.350. The zero-order chi connectivity index (χ0) is 15.8. The molecule has 0 fully saturated rings. The van der Waals surface area contributed by atoms with E-state index in [0.717, 1.165) is 24.0 Å². The molecule has 2 aromatic carbocycles. The van der Waals surface area contributed by atoms with Crippen LogP contribution in [0.5, 0.6) is 5.75 Å². The summed E-state index contributed by atoms with van der Waals surface area (Å²) in [5, 5.41) is 9.45. The summed E-state index contributed by atoms with van der Waals surface area (Å²) in [6.45, 7) is 2.19. The molecule has 1 atom stereocenters. The van der Waals surface area contributed by atoms with Gasteiger partial charge in [0, 0.05) is 12.0 Å². The number of benzene rings is 2. The Balaban J connectivity index is 2.10. The van der Waals surface area contributed by atoms with Gasteiger partial charge < -0.3 is 5.11 Å². The van der Waals surface area contributed by atoms with E-state index in [1.54, 1.807) is 12.1 Å². The summed E-state index contributed by atoms with van der Waals surface area (Å²) in [6, 6.07) is 16.8. The molecular weight excluding hydrogens is 272 g/mol. The molecule has 0 bridgehead atoms. The number of phenolic OH excluding ortho intramolecular Hbond substituents is 1. The summed E-state index contributed by atoms with van der Waals surface area (Å²) in [5.74, 6) is 0.681. The first-order valence-corrected chi connectivity index (χ1v) is 8.08. The third-order valence-electron chi connectivity index (χ3n) is 4.05. The number of carbonyl (C=O) groups is 1. The second kappa shape index (κ2) is 8.38. The van der Waals surface area contributed by atoms with Crippen LogP contribution in [0, 0.1) is 0 Å². The lowest BCUT2D eigenvalue weighted by molar-refractivity contribution is 0.0972. The molecule has 0 amide bonds. The highest BCUT2D eigenvalue weighted by molar-refractivity contribution is 5.96. The Kier molecular flexibility index (Phi) is 6.20. The Labute approximate surface area is 132 Å². The van der Waals surface area contributed by atoms with Crippen LogP contribution in [0.1, 0.15) is 60.9 Å². The highest BCUT2D eigenvalue weighted by atomic mass is 16.3. The Bertz CT molecular complexity index is 572. The van der Waals surface area contributed by atoms with Crippen molar-refractivity contribution >= 4 is 5.78 Å². The zero-order valence-corrected chi connectivity index (χ0v) is 13.2. The number of Topliss-reactive ketones (excluding diaryl/α,β-unsaturated/α-hetero) is 1. The summed E-state index contributed by atoms with van der Waals surface area (Å²) < 4.78 is 0. The number of carbonyl (C=O) groups excluding carboxylic acids is 1. The van der Waals surface area contributed by atoms with Gasteiger partial charge in [-0.2, -0.15) is 0 Å². The summed E-state index contributed by atoms with van der Waals surface area (Å²) in [5.41, 5.74) is 1.92. The maximum absolute atomic E-state index is 12.5. The van der Waals surface area contributed by atoms with E-state index in [4.69, 9.17) is 0 Å². The minimum absolute atomic E-state index is 0.190. The van der Waals surface area contributed by atoms with Crippen molar-refractivity contribution in [3.8, 4) is 5.75 Å². The van der Waals surface area contributed by atoms with E-state index in [1.807, 2.05) is 42.5 Å². The smallest absolute Gasteiger partial charge is 0.163 e. The molecule has 0 aromatic heterocycles. The monoisotopic (exact) mass is 296 g/mol. The number of aromatic hydroxyl groups is 1. The lowest BCUT2D eigenvalue weighted by Crippen LogP contribution is -2.08. The van der Waals surface area contributed by atoms with Crippen molar-refractivity contribution in [1.29, 1.82) is 0 Å². The fourth-order valence-corrected chi connectivity index (χ4v) is 2.74. The molecule has 22 heavy (non-hydrogen) atoms. The van der Waals surface area contributed by atoms with Crippen LogP contribution in [0.25, 0.3) is 0 Å². The summed E-state index contributed by atoms with van der Waals surface area (Å²) in [4.78, 5) is 12.5. The average Bonchev–Trinajstić information content (AvgIpc) is 2.55. The van der Waals surface area contributed by atoms with Gasteiger partial charge in [0.15, 0.2) is 5.78 Å². The van der Waals surface area contributed by atoms with Gasteiger partial charge in [-0.3, -0.25) is 4.79 Å². The molecule has 0 aliphatic rings. The Morgan fingerprint density at radius 3 is 2.32 bits per heavy atom. The zero-order valence-electron chi connectivity index (χ0n) is 13.2. The molecule has 0 radical (unpaired) electrons. The van der Waals surface area contributed by atoms with E-state index >= 15 is 0 Å². The predicted octanol–water partition coefficient (Wildman–Crippen LogP) is 5.33. The van der Waals surface area contributed by atoms with Crippen LogP contribution >= 0.6 is 0 Å².